The number of hydrogen-bond donors (Lipinski definition) is 0. The molecule has 0 atom stereocenters. The second kappa shape index (κ2) is 36.5. The minimum Gasteiger partial charge on any atom is -1.00 e. The van der Waals surface area contributed by atoms with Crippen molar-refractivity contribution in [2.45, 2.75) is 27.7 Å². The van der Waals surface area contributed by atoms with Gasteiger partial charge in [0, 0.05) is 75.8 Å². The number of aromatic nitrogens is 4. The molecule has 4 aromatic heterocycles. The van der Waals surface area contributed by atoms with Crippen LogP contribution in [0.25, 0.3) is 0 Å². The summed E-state index contributed by atoms with van der Waals surface area (Å²) < 4.78 is 0. The van der Waals surface area contributed by atoms with Crippen LogP contribution in [0.1, 0.15) is 50.5 Å². The first-order chi connectivity index (χ1) is 19.7. The molecule has 0 aliphatic rings. The summed E-state index contributed by atoms with van der Waals surface area (Å²) in [5, 5.41) is 0. The number of rotatable bonds is 8. The van der Waals surface area contributed by atoms with Crippen LogP contribution in [0, 0.1) is 0 Å². The van der Waals surface area contributed by atoms with Crippen molar-refractivity contribution in [2.75, 3.05) is 26.2 Å². The molecule has 0 fully saturated rings. The van der Waals surface area contributed by atoms with Crippen molar-refractivity contribution in [1.82, 2.24) is 19.9 Å². The van der Waals surface area contributed by atoms with Crippen molar-refractivity contribution in [3.8, 4) is 0 Å². The molecule has 0 unspecified atom stereocenters. The van der Waals surface area contributed by atoms with Crippen LogP contribution in [0.2, 0.25) is 0 Å². The van der Waals surface area contributed by atoms with Gasteiger partial charge in [-0.25, -0.2) is 0 Å². The van der Waals surface area contributed by atoms with E-state index in [1.54, 1.807) is 49.6 Å². The number of halogens is 2. The van der Waals surface area contributed by atoms with Crippen molar-refractivity contribution in [1.29, 1.82) is 0 Å². The van der Waals surface area contributed by atoms with Crippen molar-refractivity contribution >= 4 is 24.9 Å². The fraction of sp³-hybridized carbons (Fsp3) is 0.250. The normalized spacial score (nSPS) is 9.55. The molecule has 44 heavy (non-hydrogen) atoms. The molecule has 0 saturated carbocycles. The summed E-state index contributed by atoms with van der Waals surface area (Å²) in [7, 11) is 0. The van der Waals surface area contributed by atoms with Crippen LogP contribution in [0.15, 0.2) is 118 Å². The van der Waals surface area contributed by atoms with Gasteiger partial charge >= 0.3 is 34.1 Å². The van der Waals surface area contributed by atoms with Crippen LogP contribution in [0.3, 0.4) is 0 Å². The second-order valence-corrected chi connectivity index (χ2v) is 7.53. The zero-order chi connectivity index (χ0) is 28.9. The maximum absolute atomic E-state index is 4.07. The van der Waals surface area contributed by atoms with Gasteiger partial charge < -0.3 is 34.0 Å². The summed E-state index contributed by atoms with van der Waals surface area (Å²) in [6, 6.07) is 23.1. The molecule has 4 heterocycles. The third-order valence-electron chi connectivity index (χ3n) is 4.38. The second-order valence-electron chi connectivity index (χ2n) is 7.53. The fourth-order valence-electron chi connectivity index (χ4n) is 2.55. The van der Waals surface area contributed by atoms with Gasteiger partial charge in [0.1, 0.15) is 0 Å². The minimum atomic E-state index is 0. The number of pyridine rings is 4. The molecule has 0 saturated heterocycles. The summed E-state index contributed by atoms with van der Waals surface area (Å²) in [6.07, 6.45) is 14.2. The topological polar surface area (TPSA) is 101 Å². The van der Waals surface area contributed by atoms with E-state index in [4.69, 9.17) is 0 Å². The van der Waals surface area contributed by atoms with E-state index in [-0.39, 0.29) is 68.1 Å². The van der Waals surface area contributed by atoms with Gasteiger partial charge in [0.15, 0.2) is 0 Å². The van der Waals surface area contributed by atoms with Gasteiger partial charge in [-0.1, -0.05) is 24.3 Å². The Morgan fingerprint density at radius 3 is 0.750 bits per heavy atom. The summed E-state index contributed by atoms with van der Waals surface area (Å²) in [4.78, 5) is 32.5. The predicted molar refractivity (Wildman–Crippen MR) is 169 cm³/mol. The van der Waals surface area contributed by atoms with Gasteiger partial charge in [0.25, 0.3) is 0 Å². The Kier molecular flexibility index (Phi) is 39.9. The molecule has 244 valence electrons. The third kappa shape index (κ3) is 28.1. The van der Waals surface area contributed by atoms with Crippen molar-refractivity contribution in [3.05, 3.63) is 120 Å². The molecule has 0 radical (unpaired) electrons. The number of nitrogens with zero attached hydrogens (tertiary/aromatic N) is 8. The minimum absolute atomic E-state index is 0. The Morgan fingerprint density at radius 2 is 0.614 bits per heavy atom. The molecule has 0 aliphatic carbocycles. The summed E-state index contributed by atoms with van der Waals surface area (Å²) in [5.41, 5.74) is 3.68. The van der Waals surface area contributed by atoms with E-state index in [1.807, 2.05) is 100 Å². The van der Waals surface area contributed by atoms with E-state index in [0.717, 1.165) is 49.0 Å². The van der Waals surface area contributed by atoms with Crippen molar-refractivity contribution in [3.63, 3.8) is 0 Å². The molecule has 4 rings (SSSR count). The van der Waals surface area contributed by atoms with E-state index in [9.17, 15) is 0 Å². The summed E-state index contributed by atoms with van der Waals surface area (Å²) in [6.45, 7) is 11.3. The first-order valence-electron chi connectivity index (χ1n) is 13.4. The zero-order valence-corrected chi connectivity index (χ0v) is 30.4. The molecule has 0 bridgehead atoms. The van der Waals surface area contributed by atoms with Crippen LogP contribution in [0.4, 0.5) is 0 Å². The molecule has 12 heteroatoms. The third-order valence-corrected chi connectivity index (χ3v) is 4.38. The van der Waals surface area contributed by atoms with Crippen LogP contribution in [0.5, 0.6) is 0 Å². The Balaban J connectivity index is -0.000000235. The van der Waals surface area contributed by atoms with Crippen LogP contribution >= 0.6 is 0 Å². The molecule has 0 aromatic carbocycles. The van der Waals surface area contributed by atoms with E-state index < -0.39 is 0 Å². The van der Waals surface area contributed by atoms with E-state index in [2.05, 4.69) is 39.9 Å². The molecular weight excluding hydrogens is 783 g/mol. The number of aliphatic imine (C=N–C) groups is 4. The van der Waals surface area contributed by atoms with Gasteiger partial charge in [-0.3, -0.25) is 39.9 Å². The maximum atomic E-state index is 4.07. The van der Waals surface area contributed by atoms with Crippen LogP contribution in [-0.4, -0.2) is 71.0 Å². The molecule has 0 aliphatic heterocycles. The van der Waals surface area contributed by atoms with Gasteiger partial charge in [-0.15, -0.1) is 0 Å². The SMILES string of the molecule is CCN=Cc1ccccn1.CCN=Cc1ccccn1.CCN=Cc1ccccn1.CCN=Cc1ccccn1.[Br-].[Br-].[Cu+].[Cu+]. The van der Waals surface area contributed by atoms with Crippen molar-refractivity contribution in [2.24, 2.45) is 20.0 Å². The van der Waals surface area contributed by atoms with Crippen LogP contribution < -0.4 is 34.0 Å². The van der Waals surface area contributed by atoms with Crippen LogP contribution in [-0.2, 0) is 34.1 Å². The molecule has 0 N–H and O–H groups in total. The molecular formula is C32H40Br2Cu2N8. The molecule has 0 spiro atoms. The smallest absolute Gasteiger partial charge is 1.00 e. The largest absolute Gasteiger partial charge is 1.00 e. The standard InChI is InChI=1S/4C8H10N2.2BrH.2Cu/c4*1-2-9-7-8-5-3-4-6-10-8;;;;/h4*3-7H,2H2,1H3;2*1H;;/q;;;;;;2*+1/p-2. The maximum Gasteiger partial charge on any atom is 1.00 e. The average molecular weight is 824 g/mol. The Morgan fingerprint density at radius 1 is 0.409 bits per heavy atom. The summed E-state index contributed by atoms with van der Waals surface area (Å²) in [5.74, 6) is 0. The van der Waals surface area contributed by atoms with E-state index in [0.29, 0.717) is 0 Å². The van der Waals surface area contributed by atoms with Gasteiger partial charge in [0.2, 0.25) is 0 Å². The predicted octanol–water partition coefficient (Wildman–Crippen LogP) is 0.0846. The van der Waals surface area contributed by atoms with Gasteiger partial charge in [-0.05, 0) is 76.2 Å². The average Bonchev–Trinajstić information content (AvgIpc) is 3.04. The molecule has 4 aromatic rings. The Labute approximate surface area is 305 Å². The molecule has 8 nitrogen and oxygen atoms in total. The van der Waals surface area contributed by atoms with E-state index in [1.165, 1.54) is 0 Å². The fourth-order valence-corrected chi connectivity index (χ4v) is 2.55. The first kappa shape index (κ1) is 48.2. The Bertz CT molecular complexity index is 1040. The van der Waals surface area contributed by atoms with Gasteiger partial charge in [0.05, 0.1) is 22.8 Å². The zero-order valence-electron chi connectivity index (χ0n) is 25.3. The first-order valence-corrected chi connectivity index (χ1v) is 13.4. The van der Waals surface area contributed by atoms with Crippen molar-refractivity contribution < 1.29 is 68.1 Å². The van der Waals surface area contributed by atoms with E-state index >= 15 is 0 Å². The Hall–Kier alpha value is -2.72. The number of hydrogen-bond acceptors (Lipinski definition) is 8. The molecule has 0 amide bonds. The monoisotopic (exact) mass is 820 g/mol. The van der Waals surface area contributed by atoms with Gasteiger partial charge in [-0.2, -0.15) is 0 Å². The summed E-state index contributed by atoms with van der Waals surface area (Å²) >= 11 is 0. The quantitative estimate of drug-likeness (QED) is 0.186.